The van der Waals surface area contributed by atoms with Crippen molar-refractivity contribution in [1.29, 1.82) is 0 Å². The highest BCUT2D eigenvalue weighted by molar-refractivity contribution is 5.82. The van der Waals surface area contributed by atoms with Gasteiger partial charge in [-0.25, -0.2) is 18.6 Å². The Morgan fingerprint density at radius 1 is 1.16 bits per heavy atom. The Morgan fingerprint density at radius 2 is 1.84 bits per heavy atom. The lowest BCUT2D eigenvalue weighted by atomic mass is 9.81. The summed E-state index contributed by atoms with van der Waals surface area (Å²) >= 11 is 0. The van der Waals surface area contributed by atoms with Gasteiger partial charge in [-0.15, -0.1) is 0 Å². The van der Waals surface area contributed by atoms with Crippen LogP contribution in [0.1, 0.15) is 44.7 Å². The molecule has 1 N–H and O–H groups in total. The van der Waals surface area contributed by atoms with Crippen LogP contribution >= 0.6 is 0 Å². The second-order valence-corrected chi connectivity index (χ2v) is 8.85. The Bertz CT molecular complexity index is 1140. The third-order valence-electron chi connectivity index (χ3n) is 5.62. The molecule has 162 valence electrons. The summed E-state index contributed by atoms with van der Waals surface area (Å²) in [7, 11) is 0. The molecule has 3 aromatic rings. The van der Waals surface area contributed by atoms with Crippen molar-refractivity contribution in [3.63, 3.8) is 0 Å². The lowest BCUT2D eigenvalue weighted by Gasteiger charge is -2.40. The molecule has 2 aromatic carbocycles. The lowest BCUT2D eigenvalue weighted by Crippen LogP contribution is -2.48. The Hall–Kier alpha value is -3.22. The van der Waals surface area contributed by atoms with Crippen molar-refractivity contribution in [1.82, 2.24) is 9.88 Å². The number of nitrogens with zero attached hydrogens (tertiary/aromatic N) is 2. The molecule has 0 aliphatic carbocycles. The Morgan fingerprint density at radius 3 is 2.45 bits per heavy atom. The zero-order valence-electron chi connectivity index (χ0n) is 17.6. The van der Waals surface area contributed by atoms with Gasteiger partial charge in [0.1, 0.15) is 5.52 Å². The summed E-state index contributed by atoms with van der Waals surface area (Å²) in [6.45, 7) is 6.51. The van der Waals surface area contributed by atoms with Crippen molar-refractivity contribution in [3.8, 4) is 11.5 Å². The second kappa shape index (κ2) is 7.80. The number of aromatic nitrogens is 1. The zero-order valence-corrected chi connectivity index (χ0v) is 17.6. The van der Waals surface area contributed by atoms with Crippen LogP contribution in [0.15, 0.2) is 53.0 Å². The van der Waals surface area contributed by atoms with Crippen LogP contribution < -0.4 is 0 Å². The molecule has 7 heteroatoms. The van der Waals surface area contributed by atoms with Crippen molar-refractivity contribution in [2.75, 3.05) is 6.54 Å². The van der Waals surface area contributed by atoms with Crippen molar-refractivity contribution in [2.45, 2.75) is 39.7 Å². The maximum absolute atomic E-state index is 12.8. The third-order valence-corrected chi connectivity index (χ3v) is 5.62. The fraction of sp³-hybridized carbons (Fsp3) is 0.333. The van der Waals surface area contributed by atoms with Gasteiger partial charge in [-0.2, -0.15) is 0 Å². The first-order valence-corrected chi connectivity index (χ1v) is 10.1. The highest BCUT2D eigenvalue weighted by Crippen LogP contribution is 2.35. The number of oxazole rings is 1. The van der Waals surface area contributed by atoms with Gasteiger partial charge in [-0.1, -0.05) is 45.0 Å². The van der Waals surface area contributed by atoms with E-state index in [4.69, 9.17) is 4.42 Å². The molecule has 0 radical (unpaired) electrons. The van der Waals surface area contributed by atoms with E-state index in [0.717, 1.165) is 11.1 Å². The Balaban J connectivity index is 1.67. The molecule has 5 nitrogen and oxygen atoms in total. The molecule has 0 saturated carbocycles. The SMILES string of the molecule is CC(C)(C)C1C=C(c2ccc3nc(-c4ccc(C(F)F)cc4)oc3c2)CCN1C(=O)O. The Kier molecular flexibility index (Phi) is 5.29. The Labute approximate surface area is 179 Å². The number of carbonyl (C=O) groups is 1. The van der Waals surface area contributed by atoms with E-state index >= 15 is 0 Å². The van der Waals surface area contributed by atoms with E-state index in [1.807, 2.05) is 45.0 Å². The van der Waals surface area contributed by atoms with E-state index in [1.54, 1.807) is 12.1 Å². The summed E-state index contributed by atoms with van der Waals surface area (Å²) < 4.78 is 31.5. The molecule has 2 heterocycles. The van der Waals surface area contributed by atoms with Gasteiger partial charge in [0.2, 0.25) is 5.89 Å². The van der Waals surface area contributed by atoms with Crippen LogP contribution in [0, 0.1) is 5.41 Å². The molecule has 1 amide bonds. The highest BCUT2D eigenvalue weighted by atomic mass is 19.3. The van der Waals surface area contributed by atoms with Gasteiger partial charge in [0.05, 0.1) is 6.04 Å². The molecule has 4 rings (SSSR count). The predicted molar refractivity (Wildman–Crippen MR) is 115 cm³/mol. The first-order valence-electron chi connectivity index (χ1n) is 10.1. The smallest absolute Gasteiger partial charge is 0.407 e. The second-order valence-electron chi connectivity index (χ2n) is 8.85. The fourth-order valence-electron chi connectivity index (χ4n) is 3.94. The summed E-state index contributed by atoms with van der Waals surface area (Å²) in [6, 6.07) is 11.4. The van der Waals surface area contributed by atoms with Crippen LogP contribution in [0.2, 0.25) is 0 Å². The molecule has 0 saturated heterocycles. The summed E-state index contributed by atoms with van der Waals surface area (Å²) in [4.78, 5) is 17.6. The number of benzene rings is 2. The van der Waals surface area contributed by atoms with E-state index < -0.39 is 12.5 Å². The number of halogens is 2. The summed E-state index contributed by atoms with van der Waals surface area (Å²) in [5.41, 5.74) is 3.64. The molecule has 0 fully saturated rings. The van der Waals surface area contributed by atoms with Gasteiger partial charge in [-0.05, 0) is 47.2 Å². The first-order chi connectivity index (χ1) is 14.6. The molecule has 0 spiro atoms. The van der Waals surface area contributed by atoms with Gasteiger partial charge in [-0.3, -0.25) is 0 Å². The minimum atomic E-state index is -2.52. The molecule has 1 unspecified atom stereocenters. The largest absolute Gasteiger partial charge is 0.465 e. The number of alkyl halides is 2. The topological polar surface area (TPSA) is 66.6 Å². The van der Waals surface area contributed by atoms with Gasteiger partial charge in [0, 0.05) is 17.7 Å². The number of fused-ring (bicyclic) bond motifs is 1. The average Bonchev–Trinajstić information content (AvgIpc) is 3.16. The number of rotatable bonds is 3. The van der Waals surface area contributed by atoms with Gasteiger partial charge >= 0.3 is 6.09 Å². The van der Waals surface area contributed by atoms with Crippen LogP contribution in [0.5, 0.6) is 0 Å². The maximum Gasteiger partial charge on any atom is 0.407 e. The van der Waals surface area contributed by atoms with Crippen molar-refractivity contribution >= 4 is 22.8 Å². The normalized spacial score (nSPS) is 17.3. The predicted octanol–water partition coefficient (Wildman–Crippen LogP) is 6.61. The van der Waals surface area contributed by atoms with Crippen LogP contribution in [0.4, 0.5) is 13.6 Å². The van der Waals surface area contributed by atoms with Gasteiger partial charge < -0.3 is 14.4 Å². The standard InChI is InChI=1S/C24H24F2N2O3/c1-24(2,3)20-13-17(10-11-28(20)23(29)30)16-8-9-18-19(12-16)31-22(27-18)15-6-4-14(5-7-15)21(25)26/h4-9,12-13,20-21H,10-11H2,1-3H3,(H,29,30). The van der Waals surface area contributed by atoms with Crippen molar-refractivity contribution < 1.29 is 23.1 Å². The van der Waals surface area contributed by atoms with E-state index in [1.165, 1.54) is 17.0 Å². The molecular formula is C24H24F2N2O3. The van der Waals surface area contributed by atoms with Gasteiger partial charge in [0.15, 0.2) is 5.58 Å². The van der Waals surface area contributed by atoms with E-state index in [0.29, 0.717) is 35.5 Å². The maximum atomic E-state index is 12.8. The number of carboxylic acid groups (broad SMARTS) is 1. The van der Waals surface area contributed by atoms with E-state index in [9.17, 15) is 18.7 Å². The quantitative estimate of drug-likeness (QED) is 0.511. The van der Waals surface area contributed by atoms with E-state index in [-0.39, 0.29) is 17.0 Å². The fourth-order valence-corrected chi connectivity index (χ4v) is 3.94. The van der Waals surface area contributed by atoms with Crippen LogP contribution in [-0.2, 0) is 0 Å². The molecule has 1 aliphatic rings. The number of hydrogen-bond donors (Lipinski definition) is 1. The van der Waals surface area contributed by atoms with Crippen LogP contribution in [-0.4, -0.2) is 33.7 Å². The molecule has 1 aromatic heterocycles. The van der Waals surface area contributed by atoms with Crippen molar-refractivity contribution in [3.05, 3.63) is 59.7 Å². The van der Waals surface area contributed by atoms with Crippen LogP contribution in [0.25, 0.3) is 28.1 Å². The molecule has 31 heavy (non-hydrogen) atoms. The molecule has 1 aliphatic heterocycles. The monoisotopic (exact) mass is 426 g/mol. The molecular weight excluding hydrogens is 402 g/mol. The van der Waals surface area contributed by atoms with Crippen LogP contribution in [0.3, 0.4) is 0 Å². The zero-order chi connectivity index (χ0) is 22.3. The minimum Gasteiger partial charge on any atom is -0.465 e. The number of hydrogen-bond acceptors (Lipinski definition) is 3. The summed E-state index contributed by atoms with van der Waals surface area (Å²) in [5, 5.41) is 9.56. The first kappa shape index (κ1) is 21.0. The van der Waals surface area contributed by atoms with Gasteiger partial charge in [0.25, 0.3) is 6.43 Å². The summed E-state index contributed by atoms with van der Waals surface area (Å²) in [6.07, 6.45) is -0.791. The molecule has 1 atom stereocenters. The molecule has 0 bridgehead atoms. The average molecular weight is 426 g/mol. The van der Waals surface area contributed by atoms with E-state index in [2.05, 4.69) is 4.98 Å². The number of amides is 1. The lowest BCUT2D eigenvalue weighted by molar-refractivity contribution is 0.1000. The summed E-state index contributed by atoms with van der Waals surface area (Å²) in [5.74, 6) is 0.371. The highest BCUT2D eigenvalue weighted by Gasteiger charge is 2.34. The third kappa shape index (κ3) is 4.17. The van der Waals surface area contributed by atoms with Crippen molar-refractivity contribution in [2.24, 2.45) is 5.41 Å². The minimum absolute atomic E-state index is 0.0461.